The minimum atomic E-state index is 0.917. The summed E-state index contributed by atoms with van der Waals surface area (Å²) in [6.45, 7) is 9.18. The minimum Gasteiger partial charge on any atom is -0.0651 e. The maximum atomic E-state index is 2.33. The summed E-state index contributed by atoms with van der Waals surface area (Å²) in [6, 6.07) is 0. The number of rotatable bonds is 3. The first-order valence-corrected chi connectivity index (χ1v) is 3.72. The van der Waals surface area contributed by atoms with E-state index in [2.05, 4.69) is 27.7 Å². The van der Waals surface area contributed by atoms with Crippen LogP contribution in [0.2, 0.25) is 0 Å². The molecule has 0 heterocycles. The molecule has 0 aromatic carbocycles. The molecule has 0 fully saturated rings. The van der Waals surface area contributed by atoms with Crippen molar-refractivity contribution in [3.63, 3.8) is 0 Å². The Labute approximate surface area is 53.3 Å². The highest BCUT2D eigenvalue weighted by Gasteiger charge is 2.05. The summed E-state index contributed by atoms with van der Waals surface area (Å²) in [5.41, 5.74) is 0. The Hall–Kier alpha value is 0. The van der Waals surface area contributed by atoms with Crippen molar-refractivity contribution in [3.8, 4) is 0 Å². The molecule has 0 aliphatic carbocycles. The van der Waals surface area contributed by atoms with Gasteiger partial charge in [0.15, 0.2) is 0 Å². The fraction of sp³-hybridized carbons (Fsp3) is 1.00. The Morgan fingerprint density at radius 2 is 1.12 bits per heavy atom. The SMILES string of the molecule is CCC(C)C(C)CC. The molecule has 0 saturated carbocycles. The fourth-order valence-electron chi connectivity index (χ4n) is 0.805. The lowest BCUT2D eigenvalue weighted by molar-refractivity contribution is 0.367. The molecule has 0 aromatic heterocycles. The van der Waals surface area contributed by atoms with Gasteiger partial charge in [-0.3, -0.25) is 0 Å². The van der Waals surface area contributed by atoms with Gasteiger partial charge >= 0.3 is 0 Å². The van der Waals surface area contributed by atoms with Crippen LogP contribution in [0.5, 0.6) is 0 Å². The molecule has 0 heteroatoms. The average molecular weight is 114 g/mol. The van der Waals surface area contributed by atoms with Crippen LogP contribution in [0, 0.1) is 11.8 Å². The van der Waals surface area contributed by atoms with Crippen LogP contribution >= 0.6 is 0 Å². The number of hydrogen-bond acceptors (Lipinski definition) is 0. The van der Waals surface area contributed by atoms with E-state index in [0.717, 1.165) is 11.8 Å². The molecule has 2 atom stereocenters. The van der Waals surface area contributed by atoms with Crippen molar-refractivity contribution in [2.75, 3.05) is 0 Å². The normalized spacial score (nSPS) is 18.0. The maximum absolute atomic E-state index is 2.33. The quantitative estimate of drug-likeness (QED) is 0.529. The van der Waals surface area contributed by atoms with Crippen molar-refractivity contribution in [2.45, 2.75) is 40.5 Å². The summed E-state index contributed by atoms with van der Waals surface area (Å²) in [5.74, 6) is 1.83. The topological polar surface area (TPSA) is 0 Å². The second kappa shape index (κ2) is 3.94. The van der Waals surface area contributed by atoms with E-state index >= 15 is 0 Å². The van der Waals surface area contributed by atoms with Gasteiger partial charge in [-0.05, 0) is 11.8 Å². The van der Waals surface area contributed by atoms with E-state index in [4.69, 9.17) is 0 Å². The van der Waals surface area contributed by atoms with Crippen molar-refractivity contribution in [1.82, 2.24) is 0 Å². The monoisotopic (exact) mass is 114 g/mol. The van der Waals surface area contributed by atoms with Crippen LogP contribution in [-0.2, 0) is 0 Å². The lowest BCUT2D eigenvalue weighted by Crippen LogP contribution is -2.04. The van der Waals surface area contributed by atoms with Crippen LogP contribution in [0.4, 0.5) is 0 Å². The molecular weight excluding hydrogens is 96.1 g/mol. The third kappa shape index (κ3) is 2.34. The van der Waals surface area contributed by atoms with Crippen LogP contribution < -0.4 is 0 Å². The second-order valence-electron chi connectivity index (χ2n) is 2.77. The standard InChI is InChI=1S/C8H18/c1-5-7(3)8(4)6-2/h7-8H,5-6H2,1-4H3. The summed E-state index contributed by atoms with van der Waals surface area (Å²) in [7, 11) is 0. The summed E-state index contributed by atoms with van der Waals surface area (Å²) < 4.78 is 0. The van der Waals surface area contributed by atoms with Gasteiger partial charge in [-0.1, -0.05) is 40.5 Å². The molecule has 50 valence electrons. The van der Waals surface area contributed by atoms with Gasteiger partial charge in [0.05, 0.1) is 0 Å². The first-order chi connectivity index (χ1) is 3.72. The second-order valence-corrected chi connectivity index (χ2v) is 2.77. The zero-order valence-electron chi connectivity index (χ0n) is 6.57. The highest BCUT2D eigenvalue weighted by Crippen LogP contribution is 2.16. The van der Waals surface area contributed by atoms with Gasteiger partial charge < -0.3 is 0 Å². The highest BCUT2D eigenvalue weighted by atomic mass is 14.1. The molecule has 8 heavy (non-hydrogen) atoms. The van der Waals surface area contributed by atoms with E-state index in [1.807, 2.05) is 0 Å². The van der Waals surface area contributed by atoms with Crippen LogP contribution in [-0.4, -0.2) is 0 Å². The van der Waals surface area contributed by atoms with E-state index < -0.39 is 0 Å². The molecule has 0 spiro atoms. The molecule has 2 unspecified atom stereocenters. The predicted molar refractivity (Wildman–Crippen MR) is 38.9 cm³/mol. The van der Waals surface area contributed by atoms with E-state index in [1.165, 1.54) is 12.8 Å². The number of hydrogen-bond donors (Lipinski definition) is 0. The van der Waals surface area contributed by atoms with Gasteiger partial charge in [0.25, 0.3) is 0 Å². The van der Waals surface area contributed by atoms with Gasteiger partial charge in [0.2, 0.25) is 0 Å². The molecule has 0 aliphatic rings. The van der Waals surface area contributed by atoms with Crippen molar-refractivity contribution in [2.24, 2.45) is 11.8 Å². The summed E-state index contributed by atoms with van der Waals surface area (Å²) in [6.07, 6.45) is 2.66. The smallest absolute Gasteiger partial charge is 0.0420 e. The van der Waals surface area contributed by atoms with E-state index in [1.54, 1.807) is 0 Å². The van der Waals surface area contributed by atoms with Gasteiger partial charge in [-0.15, -0.1) is 0 Å². The largest absolute Gasteiger partial charge is 0.0651 e. The molecule has 0 saturated heterocycles. The Balaban J connectivity index is 3.29. The van der Waals surface area contributed by atoms with Crippen LogP contribution in [0.15, 0.2) is 0 Å². The zero-order chi connectivity index (χ0) is 6.57. The third-order valence-corrected chi connectivity index (χ3v) is 2.26. The Morgan fingerprint density at radius 1 is 0.875 bits per heavy atom. The Morgan fingerprint density at radius 3 is 1.25 bits per heavy atom. The van der Waals surface area contributed by atoms with Crippen molar-refractivity contribution in [3.05, 3.63) is 0 Å². The molecule has 0 aliphatic heterocycles. The maximum Gasteiger partial charge on any atom is -0.0420 e. The molecule has 0 N–H and O–H groups in total. The highest BCUT2D eigenvalue weighted by molar-refractivity contribution is 4.56. The van der Waals surface area contributed by atoms with E-state index in [0.29, 0.717) is 0 Å². The van der Waals surface area contributed by atoms with Crippen molar-refractivity contribution >= 4 is 0 Å². The van der Waals surface area contributed by atoms with Crippen molar-refractivity contribution < 1.29 is 0 Å². The van der Waals surface area contributed by atoms with Crippen LogP contribution in [0.25, 0.3) is 0 Å². The Kier molecular flexibility index (Phi) is 3.94. The van der Waals surface area contributed by atoms with Crippen molar-refractivity contribution in [1.29, 1.82) is 0 Å². The van der Waals surface area contributed by atoms with Gasteiger partial charge in [0, 0.05) is 0 Å². The predicted octanol–water partition coefficient (Wildman–Crippen LogP) is 3.08. The van der Waals surface area contributed by atoms with Gasteiger partial charge in [-0.25, -0.2) is 0 Å². The molecule has 0 amide bonds. The van der Waals surface area contributed by atoms with E-state index in [9.17, 15) is 0 Å². The molecule has 0 nitrogen and oxygen atoms in total. The third-order valence-electron chi connectivity index (χ3n) is 2.26. The molecule has 0 rings (SSSR count). The minimum absolute atomic E-state index is 0.917. The van der Waals surface area contributed by atoms with E-state index in [-0.39, 0.29) is 0 Å². The average Bonchev–Trinajstić information content (AvgIpc) is 1.84. The zero-order valence-corrected chi connectivity index (χ0v) is 6.57. The summed E-state index contributed by atoms with van der Waals surface area (Å²) >= 11 is 0. The van der Waals surface area contributed by atoms with Crippen LogP contribution in [0.1, 0.15) is 40.5 Å². The summed E-state index contributed by atoms with van der Waals surface area (Å²) in [5, 5.41) is 0. The first-order valence-electron chi connectivity index (χ1n) is 3.72. The van der Waals surface area contributed by atoms with Gasteiger partial charge in [0.1, 0.15) is 0 Å². The van der Waals surface area contributed by atoms with Gasteiger partial charge in [-0.2, -0.15) is 0 Å². The van der Waals surface area contributed by atoms with Crippen LogP contribution in [0.3, 0.4) is 0 Å². The Bertz CT molecular complexity index is 40.0. The summed E-state index contributed by atoms with van der Waals surface area (Å²) in [4.78, 5) is 0. The lowest BCUT2D eigenvalue weighted by Gasteiger charge is -2.14. The molecular formula is C8H18. The first kappa shape index (κ1) is 8.00. The molecule has 0 aromatic rings. The molecule has 0 bridgehead atoms. The lowest BCUT2D eigenvalue weighted by atomic mass is 9.92. The fourth-order valence-corrected chi connectivity index (χ4v) is 0.805. The molecule has 0 radical (unpaired) electrons.